The van der Waals surface area contributed by atoms with Gasteiger partial charge in [-0.25, -0.2) is 4.79 Å². The summed E-state index contributed by atoms with van der Waals surface area (Å²) in [6, 6.07) is 18.0. The van der Waals surface area contributed by atoms with Crippen molar-refractivity contribution in [3.63, 3.8) is 0 Å². The Morgan fingerprint density at radius 1 is 1.06 bits per heavy atom. The Morgan fingerprint density at radius 3 is 2.44 bits per heavy atom. The van der Waals surface area contributed by atoms with Crippen molar-refractivity contribution in [3.8, 4) is 17.5 Å². The van der Waals surface area contributed by atoms with Crippen LogP contribution in [0.5, 0.6) is 5.75 Å². The van der Waals surface area contributed by atoms with Gasteiger partial charge < -0.3 is 19.4 Å². The summed E-state index contributed by atoms with van der Waals surface area (Å²) >= 11 is 0. The summed E-state index contributed by atoms with van der Waals surface area (Å²) in [6.45, 7) is 8.34. The van der Waals surface area contributed by atoms with E-state index >= 15 is 0 Å². The van der Waals surface area contributed by atoms with Crippen LogP contribution < -0.4 is 10.1 Å². The molecular formula is C27H27N3O4. The second-order valence-corrected chi connectivity index (χ2v) is 7.51. The summed E-state index contributed by atoms with van der Waals surface area (Å²) in [4.78, 5) is 24.9. The van der Waals surface area contributed by atoms with E-state index in [0.717, 1.165) is 22.6 Å². The molecule has 0 aliphatic rings. The van der Waals surface area contributed by atoms with Crippen molar-refractivity contribution in [1.82, 2.24) is 4.57 Å². The number of aromatic nitrogens is 1. The second kappa shape index (κ2) is 11.0. The van der Waals surface area contributed by atoms with E-state index in [2.05, 4.69) is 5.32 Å². The number of nitrogens with zero attached hydrogens (tertiary/aromatic N) is 2. The maximum Gasteiger partial charge on any atom is 0.338 e. The van der Waals surface area contributed by atoms with Crippen LogP contribution in [0.25, 0.3) is 11.8 Å². The summed E-state index contributed by atoms with van der Waals surface area (Å²) in [5, 5.41) is 12.4. The lowest BCUT2D eigenvalue weighted by molar-refractivity contribution is -0.112. The zero-order valence-electron chi connectivity index (χ0n) is 19.7. The average molecular weight is 458 g/mol. The number of esters is 1. The third-order valence-corrected chi connectivity index (χ3v) is 5.17. The average Bonchev–Trinajstić information content (AvgIpc) is 3.11. The topological polar surface area (TPSA) is 93.4 Å². The number of carbonyl (C=O) groups excluding carboxylic acids is 2. The van der Waals surface area contributed by atoms with E-state index in [1.54, 1.807) is 55.5 Å². The number of rotatable bonds is 8. The second-order valence-electron chi connectivity index (χ2n) is 7.51. The largest absolute Gasteiger partial charge is 0.494 e. The monoisotopic (exact) mass is 457 g/mol. The van der Waals surface area contributed by atoms with Gasteiger partial charge in [0, 0.05) is 22.8 Å². The quantitative estimate of drug-likeness (QED) is 0.285. The Hall–Kier alpha value is -4.31. The molecule has 1 N–H and O–H groups in total. The smallest absolute Gasteiger partial charge is 0.338 e. The van der Waals surface area contributed by atoms with Crippen molar-refractivity contribution < 1.29 is 19.1 Å². The molecule has 0 unspecified atom stereocenters. The molecular weight excluding hydrogens is 430 g/mol. The molecule has 3 rings (SSSR count). The predicted molar refractivity (Wildman–Crippen MR) is 131 cm³/mol. The molecule has 0 spiro atoms. The lowest BCUT2D eigenvalue weighted by Gasteiger charge is -2.11. The van der Waals surface area contributed by atoms with Crippen LogP contribution in [0.15, 0.2) is 60.2 Å². The fourth-order valence-corrected chi connectivity index (χ4v) is 3.62. The summed E-state index contributed by atoms with van der Waals surface area (Å²) in [5.74, 6) is -0.179. The third-order valence-electron chi connectivity index (χ3n) is 5.17. The van der Waals surface area contributed by atoms with Crippen molar-refractivity contribution >= 4 is 23.6 Å². The number of hydrogen-bond donors (Lipinski definition) is 1. The lowest BCUT2D eigenvalue weighted by Crippen LogP contribution is -2.13. The van der Waals surface area contributed by atoms with Crippen LogP contribution in [0, 0.1) is 25.2 Å². The summed E-state index contributed by atoms with van der Waals surface area (Å²) in [6.07, 6.45) is 1.57. The predicted octanol–water partition coefficient (Wildman–Crippen LogP) is 5.22. The van der Waals surface area contributed by atoms with Crippen LogP contribution in [-0.2, 0) is 9.53 Å². The first-order valence-electron chi connectivity index (χ1n) is 11.0. The van der Waals surface area contributed by atoms with Crippen molar-refractivity contribution in [2.24, 2.45) is 0 Å². The van der Waals surface area contributed by atoms with E-state index in [1.807, 2.05) is 43.5 Å². The summed E-state index contributed by atoms with van der Waals surface area (Å²) in [7, 11) is 0. The third kappa shape index (κ3) is 5.54. The van der Waals surface area contributed by atoms with E-state index < -0.39 is 5.91 Å². The zero-order chi connectivity index (χ0) is 24.7. The Bertz CT molecular complexity index is 1260. The number of nitrogens with one attached hydrogen (secondary N) is 1. The maximum absolute atomic E-state index is 12.7. The highest BCUT2D eigenvalue weighted by molar-refractivity contribution is 6.09. The van der Waals surface area contributed by atoms with Crippen molar-refractivity contribution in [2.45, 2.75) is 27.7 Å². The lowest BCUT2D eigenvalue weighted by atomic mass is 10.1. The van der Waals surface area contributed by atoms with Crippen LogP contribution in [0.4, 0.5) is 5.69 Å². The first-order valence-corrected chi connectivity index (χ1v) is 11.0. The number of aryl methyl sites for hydroxylation is 1. The van der Waals surface area contributed by atoms with Gasteiger partial charge in [0.25, 0.3) is 5.91 Å². The van der Waals surface area contributed by atoms with E-state index in [1.165, 1.54) is 0 Å². The van der Waals surface area contributed by atoms with E-state index in [0.29, 0.717) is 30.2 Å². The van der Waals surface area contributed by atoms with Gasteiger partial charge in [-0.1, -0.05) is 6.07 Å². The van der Waals surface area contributed by atoms with Gasteiger partial charge in [-0.15, -0.1) is 0 Å². The van der Waals surface area contributed by atoms with Crippen molar-refractivity contribution in [1.29, 1.82) is 5.26 Å². The van der Waals surface area contributed by atoms with E-state index in [-0.39, 0.29) is 11.5 Å². The standard InChI is InChI=1S/C27H27N3O4/c1-5-33-25-12-10-23(11-13-25)29-26(31)22(17-28)15-21-14-18(3)30(19(21)4)24-9-7-8-20(16-24)27(32)34-6-2/h7-16H,5-6H2,1-4H3,(H,29,31)/b22-15-. The zero-order valence-corrected chi connectivity index (χ0v) is 19.7. The van der Waals surface area contributed by atoms with Gasteiger partial charge in [-0.2, -0.15) is 5.26 Å². The van der Waals surface area contributed by atoms with Crippen molar-refractivity contribution in [2.75, 3.05) is 18.5 Å². The number of carbonyl (C=O) groups is 2. The Kier molecular flexibility index (Phi) is 7.88. The fourth-order valence-electron chi connectivity index (χ4n) is 3.62. The fraction of sp³-hybridized carbons (Fsp3) is 0.222. The molecule has 0 radical (unpaired) electrons. The van der Waals surface area contributed by atoms with Gasteiger partial charge in [0.05, 0.1) is 18.8 Å². The number of benzene rings is 2. The molecule has 0 fully saturated rings. The molecule has 7 heteroatoms. The minimum Gasteiger partial charge on any atom is -0.494 e. The number of ether oxygens (including phenoxy) is 2. The molecule has 0 aliphatic heterocycles. The Labute approximate surface area is 199 Å². The number of hydrogen-bond acceptors (Lipinski definition) is 5. The molecule has 0 saturated carbocycles. The Morgan fingerprint density at radius 2 is 1.79 bits per heavy atom. The van der Waals surface area contributed by atoms with E-state index in [9.17, 15) is 14.9 Å². The highest BCUT2D eigenvalue weighted by atomic mass is 16.5. The Balaban J connectivity index is 1.87. The number of amides is 1. The van der Waals surface area contributed by atoms with Gasteiger partial charge >= 0.3 is 5.97 Å². The molecule has 1 heterocycles. The molecule has 1 aromatic heterocycles. The van der Waals surface area contributed by atoms with Crippen LogP contribution in [0.2, 0.25) is 0 Å². The van der Waals surface area contributed by atoms with Gasteiger partial charge in [0.2, 0.25) is 0 Å². The first kappa shape index (κ1) is 24.3. The molecule has 0 saturated heterocycles. The molecule has 2 aromatic carbocycles. The highest BCUT2D eigenvalue weighted by Gasteiger charge is 2.15. The van der Waals surface area contributed by atoms with Crippen LogP contribution >= 0.6 is 0 Å². The molecule has 3 aromatic rings. The number of anilines is 1. The molecule has 174 valence electrons. The minimum atomic E-state index is -0.499. The van der Waals surface area contributed by atoms with Gasteiger partial charge in [-0.3, -0.25) is 4.79 Å². The molecule has 0 bridgehead atoms. The normalized spacial score (nSPS) is 11.0. The molecule has 7 nitrogen and oxygen atoms in total. The highest BCUT2D eigenvalue weighted by Crippen LogP contribution is 2.24. The minimum absolute atomic E-state index is 0.0191. The maximum atomic E-state index is 12.7. The summed E-state index contributed by atoms with van der Waals surface area (Å²) in [5.41, 5.74) is 4.26. The van der Waals surface area contributed by atoms with Crippen LogP contribution in [0.3, 0.4) is 0 Å². The molecule has 0 aliphatic carbocycles. The van der Waals surface area contributed by atoms with Crippen LogP contribution in [-0.4, -0.2) is 29.7 Å². The van der Waals surface area contributed by atoms with Gasteiger partial charge in [-0.05, 0) is 87.9 Å². The first-order chi connectivity index (χ1) is 16.4. The van der Waals surface area contributed by atoms with Crippen LogP contribution in [0.1, 0.15) is 41.2 Å². The summed E-state index contributed by atoms with van der Waals surface area (Å²) < 4.78 is 12.5. The van der Waals surface area contributed by atoms with Gasteiger partial charge in [0.15, 0.2) is 0 Å². The SMILES string of the molecule is CCOC(=O)c1cccc(-n2c(C)cc(/C=C(/C#N)C(=O)Nc3ccc(OCC)cc3)c2C)c1. The molecule has 34 heavy (non-hydrogen) atoms. The van der Waals surface area contributed by atoms with Gasteiger partial charge in [0.1, 0.15) is 17.4 Å². The van der Waals surface area contributed by atoms with E-state index in [4.69, 9.17) is 9.47 Å². The molecule has 0 atom stereocenters. The molecule has 1 amide bonds. The number of nitriles is 1. The van der Waals surface area contributed by atoms with Crippen molar-refractivity contribution in [3.05, 3.63) is 82.7 Å².